The predicted molar refractivity (Wildman–Crippen MR) is 84.1 cm³/mol. The van der Waals surface area contributed by atoms with E-state index < -0.39 is 0 Å². The third-order valence-electron chi connectivity index (χ3n) is 3.15. The Morgan fingerprint density at radius 1 is 1.05 bits per heavy atom. The first-order valence-corrected chi connectivity index (χ1v) is 6.73. The van der Waals surface area contributed by atoms with Crippen LogP contribution in [0.4, 0.5) is 14.5 Å². The van der Waals surface area contributed by atoms with Crippen molar-refractivity contribution in [3.8, 4) is 0 Å². The molecule has 1 N–H and O–H groups in total. The zero-order chi connectivity index (χ0) is 15.5. The highest BCUT2D eigenvalue weighted by Gasteiger charge is 2.04. The van der Waals surface area contributed by atoms with Crippen LogP contribution in [0, 0.1) is 18.6 Å². The number of hydrogen-bond donors (Lipinski definition) is 1. The highest BCUT2D eigenvalue weighted by atomic mass is 19.1. The molecule has 110 valence electrons. The van der Waals surface area contributed by atoms with Crippen molar-refractivity contribution in [3.63, 3.8) is 0 Å². The molecule has 5 heteroatoms. The molecule has 1 aromatic heterocycles. The van der Waals surface area contributed by atoms with Gasteiger partial charge in [-0.3, -0.25) is 10.4 Å². The maximum atomic E-state index is 13.4. The van der Waals surface area contributed by atoms with Crippen LogP contribution in [0.25, 0.3) is 10.9 Å². The highest BCUT2D eigenvalue weighted by Crippen LogP contribution is 2.24. The number of fused-ring (bicyclic) bond motifs is 1. The summed E-state index contributed by atoms with van der Waals surface area (Å²) in [6.07, 6.45) is 1.50. The van der Waals surface area contributed by atoms with E-state index in [0.717, 1.165) is 5.69 Å². The van der Waals surface area contributed by atoms with Crippen molar-refractivity contribution in [1.29, 1.82) is 0 Å². The molecule has 0 atom stereocenters. The zero-order valence-electron chi connectivity index (χ0n) is 11.8. The number of hydrazone groups is 1. The van der Waals surface area contributed by atoms with Crippen molar-refractivity contribution in [2.75, 3.05) is 5.43 Å². The van der Waals surface area contributed by atoms with Crippen molar-refractivity contribution in [2.24, 2.45) is 5.10 Å². The van der Waals surface area contributed by atoms with Gasteiger partial charge in [0.1, 0.15) is 11.6 Å². The van der Waals surface area contributed by atoms with E-state index >= 15 is 0 Å². The molecule has 0 bridgehead atoms. The van der Waals surface area contributed by atoms with Crippen LogP contribution < -0.4 is 5.43 Å². The lowest BCUT2D eigenvalue weighted by Crippen LogP contribution is -1.95. The fourth-order valence-electron chi connectivity index (χ4n) is 2.19. The van der Waals surface area contributed by atoms with E-state index in [9.17, 15) is 8.78 Å². The first-order valence-electron chi connectivity index (χ1n) is 6.73. The lowest BCUT2D eigenvalue weighted by atomic mass is 10.1. The molecule has 0 saturated carbocycles. The zero-order valence-corrected chi connectivity index (χ0v) is 11.8. The Labute approximate surface area is 126 Å². The van der Waals surface area contributed by atoms with Gasteiger partial charge in [-0.15, -0.1) is 0 Å². The molecule has 0 aliphatic rings. The Morgan fingerprint density at radius 3 is 2.68 bits per heavy atom. The summed E-state index contributed by atoms with van der Waals surface area (Å²) in [6.45, 7) is 1.85. The van der Waals surface area contributed by atoms with Crippen LogP contribution in [0.2, 0.25) is 0 Å². The van der Waals surface area contributed by atoms with Crippen molar-refractivity contribution < 1.29 is 8.78 Å². The Kier molecular flexibility index (Phi) is 3.78. The van der Waals surface area contributed by atoms with Gasteiger partial charge in [0.25, 0.3) is 0 Å². The SMILES string of the molecule is Cc1cc(NN=Cc2cccc(F)c2)c2cc(F)ccc2n1. The van der Waals surface area contributed by atoms with Crippen molar-refractivity contribution in [3.05, 3.63) is 71.4 Å². The third kappa shape index (κ3) is 3.09. The second-order valence-corrected chi connectivity index (χ2v) is 4.90. The third-order valence-corrected chi connectivity index (χ3v) is 3.15. The smallest absolute Gasteiger partial charge is 0.124 e. The van der Waals surface area contributed by atoms with E-state index in [1.54, 1.807) is 24.3 Å². The minimum absolute atomic E-state index is 0.323. The fraction of sp³-hybridized carbons (Fsp3) is 0.0588. The van der Waals surface area contributed by atoms with Crippen LogP contribution in [0.3, 0.4) is 0 Å². The molecule has 0 aliphatic heterocycles. The largest absolute Gasteiger partial charge is 0.278 e. The second kappa shape index (κ2) is 5.89. The van der Waals surface area contributed by atoms with E-state index in [0.29, 0.717) is 22.2 Å². The molecule has 0 radical (unpaired) electrons. The molecule has 0 unspecified atom stereocenters. The topological polar surface area (TPSA) is 37.3 Å². The Hall–Kier alpha value is -2.82. The normalized spacial score (nSPS) is 11.2. The van der Waals surface area contributed by atoms with Gasteiger partial charge in [-0.2, -0.15) is 5.10 Å². The number of anilines is 1. The number of halogens is 2. The minimum atomic E-state index is -0.338. The molecular formula is C17H13F2N3. The lowest BCUT2D eigenvalue weighted by molar-refractivity contribution is 0.627. The van der Waals surface area contributed by atoms with Crippen molar-refractivity contribution >= 4 is 22.8 Å². The second-order valence-electron chi connectivity index (χ2n) is 4.90. The summed E-state index contributed by atoms with van der Waals surface area (Å²) in [5.74, 6) is -0.661. The summed E-state index contributed by atoms with van der Waals surface area (Å²) < 4.78 is 26.5. The average molecular weight is 297 g/mol. The predicted octanol–water partition coefficient (Wildman–Crippen LogP) is 4.27. The lowest BCUT2D eigenvalue weighted by Gasteiger charge is -2.07. The van der Waals surface area contributed by atoms with Crippen LogP contribution in [-0.2, 0) is 0 Å². The molecule has 3 aromatic rings. The molecular weight excluding hydrogens is 284 g/mol. The number of nitrogens with zero attached hydrogens (tertiary/aromatic N) is 2. The van der Waals surface area contributed by atoms with Crippen LogP contribution in [0.1, 0.15) is 11.3 Å². The molecule has 0 fully saturated rings. The van der Waals surface area contributed by atoms with Crippen LogP contribution >= 0.6 is 0 Å². The summed E-state index contributed by atoms with van der Waals surface area (Å²) in [5.41, 5.74) is 5.62. The van der Waals surface area contributed by atoms with Crippen LogP contribution in [-0.4, -0.2) is 11.2 Å². The molecule has 0 amide bonds. The van der Waals surface area contributed by atoms with Crippen LogP contribution in [0.15, 0.2) is 53.6 Å². The summed E-state index contributed by atoms with van der Waals surface area (Å²) in [6, 6.07) is 12.3. The number of hydrogen-bond acceptors (Lipinski definition) is 3. The summed E-state index contributed by atoms with van der Waals surface area (Å²) >= 11 is 0. The quantitative estimate of drug-likeness (QED) is 0.579. The number of benzene rings is 2. The van der Waals surface area contributed by atoms with Crippen molar-refractivity contribution in [1.82, 2.24) is 4.98 Å². The molecule has 0 spiro atoms. The summed E-state index contributed by atoms with van der Waals surface area (Å²) in [4.78, 5) is 4.35. The molecule has 0 aliphatic carbocycles. The monoisotopic (exact) mass is 297 g/mol. The van der Waals surface area contributed by atoms with Gasteiger partial charge in [0.15, 0.2) is 0 Å². The highest BCUT2D eigenvalue weighted by molar-refractivity contribution is 5.92. The summed E-state index contributed by atoms with van der Waals surface area (Å²) in [7, 11) is 0. The van der Waals surface area contributed by atoms with E-state index in [1.807, 2.05) is 6.92 Å². The van der Waals surface area contributed by atoms with Gasteiger partial charge in [0, 0.05) is 11.1 Å². The van der Waals surface area contributed by atoms with Gasteiger partial charge in [-0.1, -0.05) is 12.1 Å². The Morgan fingerprint density at radius 2 is 1.86 bits per heavy atom. The average Bonchev–Trinajstić information content (AvgIpc) is 2.48. The first kappa shape index (κ1) is 14.1. The first-order chi connectivity index (χ1) is 10.6. The number of pyridine rings is 1. The van der Waals surface area contributed by atoms with E-state index in [1.165, 1.54) is 30.5 Å². The standard InChI is InChI=1S/C17H13F2N3/c1-11-7-17(15-9-14(19)5-6-16(15)21-11)22-20-10-12-3-2-4-13(18)8-12/h2-10H,1H3,(H,21,22). The van der Waals surface area contributed by atoms with E-state index in [2.05, 4.69) is 15.5 Å². The van der Waals surface area contributed by atoms with Gasteiger partial charge in [0.2, 0.25) is 0 Å². The van der Waals surface area contributed by atoms with Gasteiger partial charge >= 0.3 is 0 Å². The van der Waals surface area contributed by atoms with E-state index in [4.69, 9.17) is 0 Å². The fourth-order valence-corrected chi connectivity index (χ4v) is 2.19. The van der Waals surface area contributed by atoms with Gasteiger partial charge in [-0.25, -0.2) is 8.78 Å². The van der Waals surface area contributed by atoms with Crippen molar-refractivity contribution in [2.45, 2.75) is 6.92 Å². The molecule has 22 heavy (non-hydrogen) atoms. The maximum Gasteiger partial charge on any atom is 0.124 e. The minimum Gasteiger partial charge on any atom is -0.278 e. The Bertz CT molecular complexity index is 860. The number of aryl methyl sites for hydroxylation is 1. The molecule has 0 saturated heterocycles. The van der Waals surface area contributed by atoms with Gasteiger partial charge in [0.05, 0.1) is 17.4 Å². The summed E-state index contributed by atoms with van der Waals surface area (Å²) in [5, 5.41) is 4.72. The Balaban J connectivity index is 1.91. The van der Waals surface area contributed by atoms with E-state index in [-0.39, 0.29) is 11.6 Å². The van der Waals surface area contributed by atoms with Gasteiger partial charge in [-0.05, 0) is 48.9 Å². The number of rotatable bonds is 3. The number of nitrogens with one attached hydrogen (secondary N) is 1. The van der Waals surface area contributed by atoms with Crippen LogP contribution in [0.5, 0.6) is 0 Å². The maximum absolute atomic E-state index is 13.4. The number of aromatic nitrogens is 1. The molecule has 1 heterocycles. The molecule has 3 rings (SSSR count). The molecule has 3 nitrogen and oxygen atoms in total. The molecule has 2 aromatic carbocycles. The van der Waals surface area contributed by atoms with Gasteiger partial charge < -0.3 is 0 Å².